The van der Waals surface area contributed by atoms with E-state index in [4.69, 9.17) is 0 Å². The molecule has 2 aliphatic rings. The highest BCUT2D eigenvalue weighted by Crippen LogP contribution is 2.33. The van der Waals surface area contributed by atoms with Gasteiger partial charge in [-0.3, -0.25) is 19.8 Å². The summed E-state index contributed by atoms with van der Waals surface area (Å²) in [5, 5.41) is 2.28. The maximum absolute atomic E-state index is 12.1. The number of amides is 4. The second-order valence-electron chi connectivity index (χ2n) is 5.21. The number of imide groups is 2. The van der Waals surface area contributed by atoms with E-state index in [0.29, 0.717) is 13.0 Å². The van der Waals surface area contributed by atoms with Gasteiger partial charge in [-0.25, -0.2) is 4.79 Å². The normalized spacial score (nSPS) is 24.4. The van der Waals surface area contributed by atoms with Gasteiger partial charge < -0.3 is 0 Å². The van der Waals surface area contributed by atoms with Crippen LogP contribution >= 0.6 is 0 Å². The third-order valence-electron chi connectivity index (χ3n) is 3.62. The van der Waals surface area contributed by atoms with E-state index in [9.17, 15) is 14.4 Å². The molecule has 1 atom stereocenters. The van der Waals surface area contributed by atoms with Crippen molar-refractivity contribution in [2.75, 3.05) is 6.54 Å². The third-order valence-corrected chi connectivity index (χ3v) is 3.62. The van der Waals surface area contributed by atoms with Crippen LogP contribution in [0.2, 0.25) is 0 Å². The molecule has 1 heterocycles. The Morgan fingerprint density at radius 2 is 1.94 bits per heavy atom. The topological polar surface area (TPSA) is 66.5 Å². The van der Waals surface area contributed by atoms with Crippen molar-refractivity contribution < 1.29 is 14.4 Å². The minimum Gasteiger partial charge on any atom is -0.277 e. The van der Waals surface area contributed by atoms with Crippen LogP contribution in [0.3, 0.4) is 0 Å². The number of carbonyl (C=O) groups excluding carboxylic acids is 3. The highest BCUT2D eigenvalue weighted by Gasteiger charge is 2.39. The predicted octanol–water partition coefficient (Wildman–Crippen LogP) is 1.67. The minimum absolute atomic E-state index is 0.318. The summed E-state index contributed by atoms with van der Waals surface area (Å²) in [4.78, 5) is 36.5. The molecule has 0 bridgehead atoms. The molecule has 0 radical (unpaired) electrons. The fourth-order valence-corrected chi connectivity index (χ4v) is 2.36. The molecule has 5 heteroatoms. The lowest BCUT2D eigenvalue weighted by molar-refractivity contribution is -0.142. The molecule has 5 nitrogen and oxygen atoms in total. The van der Waals surface area contributed by atoms with E-state index in [2.05, 4.69) is 5.32 Å². The molecule has 4 amide bonds. The summed E-state index contributed by atoms with van der Waals surface area (Å²) in [6, 6.07) is -0.548. The highest BCUT2D eigenvalue weighted by atomic mass is 16.2. The lowest BCUT2D eigenvalue weighted by Crippen LogP contribution is -2.58. The zero-order valence-electron chi connectivity index (χ0n) is 10.8. The van der Waals surface area contributed by atoms with Gasteiger partial charge in [-0.2, -0.15) is 0 Å². The van der Waals surface area contributed by atoms with Crippen LogP contribution in [0.1, 0.15) is 45.4 Å². The van der Waals surface area contributed by atoms with Gasteiger partial charge in [-0.1, -0.05) is 26.2 Å². The number of nitrogens with one attached hydrogen (secondary N) is 1. The van der Waals surface area contributed by atoms with Gasteiger partial charge in [0.1, 0.15) is 5.92 Å². The quantitative estimate of drug-likeness (QED) is 0.731. The molecule has 1 unspecified atom stereocenters. The molecule has 18 heavy (non-hydrogen) atoms. The van der Waals surface area contributed by atoms with Gasteiger partial charge in [-0.05, 0) is 25.2 Å². The maximum atomic E-state index is 12.1. The van der Waals surface area contributed by atoms with Gasteiger partial charge in [-0.15, -0.1) is 0 Å². The SMILES string of the molecule is CCCC1C(=O)NC(=O)N(CCCC2CC2)C1=O. The number of nitrogens with zero attached hydrogens (tertiary/aromatic N) is 1. The maximum Gasteiger partial charge on any atom is 0.330 e. The molecule has 0 aromatic rings. The Labute approximate surface area is 107 Å². The van der Waals surface area contributed by atoms with Crippen LogP contribution in [0.5, 0.6) is 0 Å². The Bertz CT molecular complexity index is 363. The number of carbonyl (C=O) groups is 3. The molecule has 1 saturated heterocycles. The molecule has 2 fully saturated rings. The molecular formula is C13H20N2O3. The number of hydrogen-bond acceptors (Lipinski definition) is 3. The summed E-state index contributed by atoms with van der Waals surface area (Å²) in [6.45, 7) is 2.36. The molecule has 0 aromatic carbocycles. The van der Waals surface area contributed by atoms with Gasteiger partial charge in [0.15, 0.2) is 0 Å². The monoisotopic (exact) mass is 252 g/mol. The number of urea groups is 1. The van der Waals surface area contributed by atoms with Gasteiger partial charge in [0.05, 0.1) is 0 Å². The van der Waals surface area contributed by atoms with Crippen LogP contribution in [-0.4, -0.2) is 29.3 Å². The standard InChI is InChI=1S/C13H20N2O3/c1-2-4-10-11(16)14-13(18)15(12(10)17)8-3-5-9-6-7-9/h9-10H,2-8H2,1H3,(H,14,16,18). The van der Waals surface area contributed by atoms with Gasteiger partial charge in [0, 0.05) is 6.54 Å². The second kappa shape index (κ2) is 5.50. The molecule has 1 aliphatic carbocycles. The highest BCUT2D eigenvalue weighted by molar-refractivity contribution is 6.16. The first-order valence-corrected chi connectivity index (χ1v) is 6.79. The van der Waals surface area contributed by atoms with Crippen LogP contribution in [0.25, 0.3) is 0 Å². The van der Waals surface area contributed by atoms with Crippen LogP contribution in [-0.2, 0) is 9.59 Å². The lowest BCUT2D eigenvalue weighted by Gasteiger charge is -2.30. The summed E-state index contributed by atoms with van der Waals surface area (Å²) in [5.41, 5.74) is 0. The fourth-order valence-electron chi connectivity index (χ4n) is 2.36. The summed E-state index contributed by atoms with van der Waals surface area (Å²) < 4.78 is 0. The third kappa shape index (κ3) is 2.89. The van der Waals surface area contributed by atoms with E-state index in [1.165, 1.54) is 17.7 Å². The van der Waals surface area contributed by atoms with Crippen molar-refractivity contribution >= 4 is 17.8 Å². The van der Waals surface area contributed by atoms with Crippen molar-refractivity contribution in [1.82, 2.24) is 10.2 Å². The molecule has 1 aliphatic heterocycles. The van der Waals surface area contributed by atoms with Crippen LogP contribution in [0, 0.1) is 11.8 Å². The van der Waals surface area contributed by atoms with Crippen molar-refractivity contribution in [3.05, 3.63) is 0 Å². The average molecular weight is 252 g/mol. The Balaban J connectivity index is 1.91. The van der Waals surface area contributed by atoms with Crippen LogP contribution in [0.15, 0.2) is 0 Å². The zero-order valence-corrected chi connectivity index (χ0v) is 10.8. The number of barbiturate groups is 1. The van der Waals surface area contributed by atoms with E-state index in [1.807, 2.05) is 6.92 Å². The Morgan fingerprint density at radius 3 is 2.56 bits per heavy atom. The Morgan fingerprint density at radius 1 is 1.22 bits per heavy atom. The van der Waals surface area contributed by atoms with Gasteiger partial charge in [0.2, 0.25) is 11.8 Å². The van der Waals surface area contributed by atoms with Crippen LogP contribution < -0.4 is 5.32 Å². The zero-order chi connectivity index (χ0) is 13.1. The fraction of sp³-hybridized carbons (Fsp3) is 0.769. The summed E-state index contributed by atoms with van der Waals surface area (Å²) in [6.07, 6.45) is 5.74. The lowest BCUT2D eigenvalue weighted by atomic mass is 9.99. The Kier molecular flexibility index (Phi) is 3.99. The average Bonchev–Trinajstić information content (AvgIpc) is 3.12. The molecule has 100 valence electrons. The first-order chi connectivity index (χ1) is 8.63. The summed E-state index contributed by atoms with van der Waals surface area (Å²) >= 11 is 0. The smallest absolute Gasteiger partial charge is 0.277 e. The van der Waals surface area contributed by atoms with Crippen LogP contribution in [0.4, 0.5) is 4.79 Å². The van der Waals surface area contributed by atoms with Crippen molar-refractivity contribution in [3.8, 4) is 0 Å². The van der Waals surface area contributed by atoms with E-state index in [0.717, 1.165) is 25.2 Å². The van der Waals surface area contributed by atoms with Crippen molar-refractivity contribution in [1.29, 1.82) is 0 Å². The Hall–Kier alpha value is -1.39. The van der Waals surface area contributed by atoms with E-state index in [1.54, 1.807) is 0 Å². The van der Waals surface area contributed by atoms with Gasteiger partial charge >= 0.3 is 6.03 Å². The number of hydrogen-bond donors (Lipinski definition) is 1. The van der Waals surface area contributed by atoms with E-state index >= 15 is 0 Å². The predicted molar refractivity (Wildman–Crippen MR) is 65.6 cm³/mol. The first kappa shape index (κ1) is 13.1. The van der Waals surface area contributed by atoms with E-state index < -0.39 is 17.9 Å². The largest absolute Gasteiger partial charge is 0.330 e. The molecule has 1 saturated carbocycles. The van der Waals surface area contributed by atoms with Crippen molar-refractivity contribution in [2.45, 2.75) is 45.4 Å². The molecule has 1 N–H and O–H groups in total. The van der Waals surface area contributed by atoms with E-state index in [-0.39, 0.29) is 5.91 Å². The second-order valence-corrected chi connectivity index (χ2v) is 5.21. The van der Waals surface area contributed by atoms with Crippen molar-refractivity contribution in [3.63, 3.8) is 0 Å². The summed E-state index contributed by atoms with van der Waals surface area (Å²) in [5.74, 6) is -0.638. The minimum atomic E-state index is -0.673. The summed E-state index contributed by atoms with van der Waals surface area (Å²) in [7, 11) is 0. The molecule has 2 rings (SSSR count). The molecular weight excluding hydrogens is 232 g/mol. The molecule has 0 spiro atoms. The van der Waals surface area contributed by atoms with Gasteiger partial charge in [0.25, 0.3) is 0 Å². The van der Waals surface area contributed by atoms with Crippen molar-refractivity contribution in [2.24, 2.45) is 11.8 Å². The molecule has 0 aromatic heterocycles. The number of rotatable bonds is 6. The first-order valence-electron chi connectivity index (χ1n) is 6.79.